The van der Waals surface area contributed by atoms with Crippen molar-refractivity contribution in [3.8, 4) is 0 Å². The number of carbonyl (C=O) groups is 2. The first kappa shape index (κ1) is 20.4. The van der Waals surface area contributed by atoms with Crippen molar-refractivity contribution in [2.45, 2.75) is 6.42 Å². The molecule has 0 atom stereocenters. The van der Waals surface area contributed by atoms with Crippen LogP contribution in [0.4, 0.5) is 0 Å². The summed E-state index contributed by atoms with van der Waals surface area (Å²) >= 11 is 0. The maximum absolute atomic E-state index is 11.5. The highest BCUT2D eigenvalue weighted by Gasteiger charge is 2.04. The summed E-state index contributed by atoms with van der Waals surface area (Å²) in [6.45, 7) is 2.08. The summed E-state index contributed by atoms with van der Waals surface area (Å²) in [5, 5.41) is 5.80. The fourth-order valence-electron chi connectivity index (χ4n) is 1.71. The number of ether oxygens (including phenoxy) is 2. The summed E-state index contributed by atoms with van der Waals surface area (Å²) in [5.74, 6) is -0.394. The quantitative estimate of drug-likeness (QED) is 0.517. The van der Waals surface area contributed by atoms with Crippen LogP contribution in [0.2, 0.25) is 0 Å². The smallest absolute Gasteiger partial charge is 0.337 e. The van der Waals surface area contributed by atoms with Crippen LogP contribution >= 0.6 is 12.4 Å². The van der Waals surface area contributed by atoms with E-state index in [1.165, 1.54) is 7.11 Å². The van der Waals surface area contributed by atoms with Gasteiger partial charge in [-0.05, 0) is 24.1 Å². The lowest BCUT2D eigenvalue weighted by Crippen LogP contribution is -2.36. The number of hydrogen-bond donors (Lipinski definition) is 2. The molecule has 1 amide bonds. The van der Waals surface area contributed by atoms with Gasteiger partial charge in [0.1, 0.15) is 0 Å². The summed E-state index contributed by atoms with van der Waals surface area (Å²) < 4.78 is 9.50. The molecule has 1 aromatic carbocycles. The predicted molar refractivity (Wildman–Crippen MR) is 86.5 cm³/mol. The van der Waals surface area contributed by atoms with E-state index in [1.54, 1.807) is 19.2 Å². The Kier molecular flexibility index (Phi) is 11.1. The molecule has 7 heteroatoms. The molecule has 0 saturated carbocycles. The molecule has 0 aromatic heterocycles. The molecule has 0 radical (unpaired) electrons. The molecule has 0 fully saturated rings. The molecule has 2 N–H and O–H groups in total. The molecule has 1 rings (SSSR count). The minimum Gasteiger partial charge on any atom is -0.465 e. The number of methoxy groups -OCH3 is 2. The van der Waals surface area contributed by atoms with Crippen LogP contribution < -0.4 is 10.6 Å². The second-order valence-corrected chi connectivity index (χ2v) is 4.46. The van der Waals surface area contributed by atoms with Crippen molar-refractivity contribution in [1.82, 2.24) is 10.6 Å². The Morgan fingerprint density at radius 2 is 1.77 bits per heavy atom. The minimum atomic E-state index is -0.350. The Hall–Kier alpha value is -1.63. The summed E-state index contributed by atoms with van der Waals surface area (Å²) in [6, 6.07) is 7.15. The minimum absolute atomic E-state index is 0. The number of amides is 1. The van der Waals surface area contributed by atoms with Crippen molar-refractivity contribution in [2.24, 2.45) is 0 Å². The number of nitrogens with one attached hydrogen (secondary N) is 2. The maximum atomic E-state index is 11.5. The molecular formula is C15H23ClN2O4. The Morgan fingerprint density at radius 3 is 2.36 bits per heavy atom. The molecule has 0 heterocycles. The highest BCUT2D eigenvalue weighted by atomic mass is 35.5. The fourth-order valence-corrected chi connectivity index (χ4v) is 1.71. The predicted octanol–water partition coefficient (Wildman–Crippen LogP) is 0.790. The van der Waals surface area contributed by atoms with E-state index in [-0.39, 0.29) is 30.8 Å². The van der Waals surface area contributed by atoms with E-state index in [0.29, 0.717) is 31.7 Å². The number of benzene rings is 1. The molecule has 0 aliphatic heterocycles. The molecule has 0 bridgehead atoms. The van der Waals surface area contributed by atoms with Crippen molar-refractivity contribution < 1.29 is 19.1 Å². The Morgan fingerprint density at radius 1 is 1.09 bits per heavy atom. The third kappa shape index (κ3) is 7.97. The lowest BCUT2D eigenvalue weighted by Gasteiger charge is -2.07. The van der Waals surface area contributed by atoms with Crippen molar-refractivity contribution >= 4 is 24.3 Å². The molecule has 124 valence electrons. The van der Waals surface area contributed by atoms with E-state index in [4.69, 9.17) is 4.74 Å². The highest BCUT2D eigenvalue weighted by molar-refractivity contribution is 5.89. The van der Waals surface area contributed by atoms with Gasteiger partial charge in [0, 0.05) is 20.2 Å². The van der Waals surface area contributed by atoms with Gasteiger partial charge in [0.2, 0.25) is 5.91 Å². The number of esters is 1. The summed E-state index contributed by atoms with van der Waals surface area (Å²) in [4.78, 5) is 22.8. The Bertz CT molecular complexity index is 451. The third-order valence-corrected chi connectivity index (χ3v) is 2.88. The second kappa shape index (κ2) is 12.0. The van der Waals surface area contributed by atoms with Crippen LogP contribution in [0.3, 0.4) is 0 Å². The van der Waals surface area contributed by atoms with Crippen molar-refractivity contribution in [2.75, 3.05) is 40.5 Å². The number of halogens is 1. The molecule has 22 heavy (non-hydrogen) atoms. The normalized spacial score (nSPS) is 9.73. The van der Waals surface area contributed by atoms with E-state index in [1.807, 2.05) is 12.1 Å². The first-order chi connectivity index (χ1) is 10.2. The second-order valence-electron chi connectivity index (χ2n) is 4.46. The molecule has 0 spiro atoms. The maximum Gasteiger partial charge on any atom is 0.337 e. The van der Waals surface area contributed by atoms with Crippen LogP contribution in [0.15, 0.2) is 24.3 Å². The highest BCUT2D eigenvalue weighted by Crippen LogP contribution is 2.05. The van der Waals surface area contributed by atoms with Gasteiger partial charge in [0.05, 0.1) is 25.8 Å². The Labute approximate surface area is 137 Å². The topological polar surface area (TPSA) is 76.7 Å². The fraction of sp³-hybridized carbons (Fsp3) is 0.467. The van der Waals surface area contributed by atoms with Crippen LogP contribution in [0.5, 0.6) is 0 Å². The van der Waals surface area contributed by atoms with E-state index in [2.05, 4.69) is 15.4 Å². The van der Waals surface area contributed by atoms with Gasteiger partial charge >= 0.3 is 5.97 Å². The van der Waals surface area contributed by atoms with Gasteiger partial charge in [-0.15, -0.1) is 12.4 Å². The zero-order valence-corrected chi connectivity index (χ0v) is 13.7. The molecule has 0 aliphatic rings. The summed E-state index contributed by atoms with van der Waals surface area (Å²) in [6.07, 6.45) is 0.714. The van der Waals surface area contributed by atoms with Crippen LogP contribution in [0.1, 0.15) is 15.9 Å². The van der Waals surface area contributed by atoms with Crippen LogP contribution in [0.25, 0.3) is 0 Å². The van der Waals surface area contributed by atoms with Crippen LogP contribution in [-0.2, 0) is 20.7 Å². The van der Waals surface area contributed by atoms with Crippen LogP contribution in [-0.4, -0.2) is 52.3 Å². The average molecular weight is 331 g/mol. The van der Waals surface area contributed by atoms with Crippen molar-refractivity contribution in [1.29, 1.82) is 0 Å². The largest absolute Gasteiger partial charge is 0.465 e. The lowest BCUT2D eigenvalue weighted by molar-refractivity contribution is -0.120. The van der Waals surface area contributed by atoms with Crippen molar-refractivity contribution in [3.63, 3.8) is 0 Å². The number of carbonyl (C=O) groups excluding carboxylic acids is 2. The summed E-state index contributed by atoms with van der Waals surface area (Å²) in [7, 11) is 2.97. The zero-order chi connectivity index (χ0) is 15.5. The van der Waals surface area contributed by atoms with Gasteiger partial charge in [0.15, 0.2) is 0 Å². The van der Waals surface area contributed by atoms with Gasteiger partial charge in [-0.25, -0.2) is 4.79 Å². The molecule has 1 aromatic rings. The van der Waals surface area contributed by atoms with E-state index in [9.17, 15) is 9.59 Å². The van der Waals surface area contributed by atoms with E-state index < -0.39 is 0 Å². The SMILES string of the molecule is COCCNCC(=O)NCCc1ccc(C(=O)OC)cc1.Cl. The number of hydrogen-bond acceptors (Lipinski definition) is 5. The first-order valence-electron chi connectivity index (χ1n) is 6.81. The van der Waals surface area contributed by atoms with Crippen molar-refractivity contribution in [3.05, 3.63) is 35.4 Å². The molecule has 0 aliphatic carbocycles. The summed E-state index contributed by atoms with van der Waals surface area (Å²) in [5.41, 5.74) is 1.57. The van der Waals surface area contributed by atoms with E-state index in [0.717, 1.165) is 5.56 Å². The average Bonchev–Trinajstić information content (AvgIpc) is 2.51. The van der Waals surface area contributed by atoms with Crippen LogP contribution in [0, 0.1) is 0 Å². The third-order valence-electron chi connectivity index (χ3n) is 2.88. The molecule has 0 unspecified atom stereocenters. The van der Waals surface area contributed by atoms with Gasteiger partial charge in [0.25, 0.3) is 0 Å². The lowest BCUT2D eigenvalue weighted by atomic mass is 10.1. The Balaban J connectivity index is 0.00000441. The van der Waals surface area contributed by atoms with E-state index >= 15 is 0 Å². The number of rotatable bonds is 9. The molecule has 6 nitrogen and oxygen atoms in total. The first-order valence-corrected chi connectivity index (χ1v) is 6.81. The molecular weight excluding hydrogens is 308 g/mol. The van der Waals surface area contributed by atoms with Gasteiger partial charge in [-0.2, -0.15) is 0 Å². The monoisotopic (exact) mass is 330 g/mol. The van der Waals surface area contributed by atoms with Gasteiger partial charge in [-0.3, -0.25) is 4.79 Å². The standard InChI is InChI=1S/C15H22N2O4.ClH/c1-20-10-9-16-11-14(18)17-8-7-12-3-5-13(6-4-12)15(19)21-2;/h3-6,16H,7-11H2,1-2H3,(H,17,18);1H. The van der Waals surface area contributed by atoms with Gasteiger partial charge in [-0.1, -0.05) is 12.1 Å². The zero-order valence-electron chi connectivity index (χ0n) is 12.9. The van der Waals surface area contributed by atoms with Gasteiger partial charge < -0.3 is 20.1 Å². The molecule has 0 saturated heterocycles.